The molecular weight excluding hydrogens is 216 g/mol. The largest absolute Gasteiger partial charge is 0.381 e. The van der Waals surface area contributed by atoms with Crippen molar-refractivity contribution < 1.29 is 0 Å². The normalized spacial score (nSPS) is 23.1. The zero-order valence-corrected chi connectivity index (χ0v) is 9.43. The van der Waals surface area contributed by atoms with Gasteiger partial charge in [0.25, 0.3) is 0 Å². The van der Waals surface area contributed by atoms with E-state index in [1.54, 1.807) is 4.68 Å². The number of nitrogen functional groups attached to an aromatic ring is 1. The lowest BCUT2D eigenvalue weighted by Gasteiger charge is -2.28. The summed E-state index contributed by atoms with van der Waals surface area (Å²) >= 11 is 0. The molecule has 3 N–H and O–H groups in total. The predicted molar refractivity (Wildman–Crippen MR) is 64.9 cm³/mol. The zero-order chi connectivity index (χ0) is 11.8. The molecule has 3 heterocycles. The molecule has 2 aliphatic rings. The molecule has 1 fully saturated rings. The first-order valence-electron chi connectivity index (χ1n) is 5.76. The quantitative estimate of drug-likeness (QED) is 0.740. The number of likely N-dealkylation sites (tertiary alicyclic amines) is 1. The Labute approximate surface area is 99.3 Å². The van der Waals surface area contributed by atoms with E-state index in [9.17, 15) is 0 Å². The Bertz CT molecular complexity index is 503. The number of rotatable bonds is 1. The van der Waals surface area contributed by atoms with Gasteiger partial charge in [-0.3, -0.25) is 4.90 Å². The number of nitrogens with one attached hydrogen (secondary N) is 1. The lowest BCUT2D eigenvalue weighted by Crippen LogP contribution is -2.39. The Balaban J connectivity index is 1.91. The molecule has 0 radical (unpaired) electrons. The molecule has 17 heavy (non-hydrogen) atoms. The van der Waals surface area contributed by atoms with Crippen LogP contribution in [0, 0.1) is 11.3 Å². The fourth-order valence-corrected chi connectivity index (χ4v) is 2.39. The monoisotopic (exact) mass is 230 g/mol. The second-order valence-electron chi connectivity index (χ2n) is 4.34. The molecule has 1 atom stereocenters. The molecule has 88 valence electrons. The molecule has 0 amide bonds. The van der Waals surface area contributed by atoms with Crippen LogP contribution in [0.25, 0.3) is 6.20 Å². The molecule has 0 aromatic carbocycles. The molecule has 1 aromatic rings. The van der Waals surface area contributed by atoms with Gasteiger partial charge in [-0.2, -0.15) is 5.26 Å². The molecule has 2 aliphatic heterocycles. The Hall–Kier alpha value is -2.00. The number of fused-ring (bicyclic) bond motifs is 1. The van der Waals surface area contributed by atoms with Crippen molar-refractivity contribution in [3.05, 3.63) is 11.6 Å². The van der Waals surface area contributed by atoms with E-state index in [0.717, 1.165) is 13.1 Å². The van der Waals surface area contributed by atoms with Crippen molar-refractivity contribution in [3.63, 3.8) is 0 Å². The number of hydrogen-bond acceptors (Lipinski definition) is 5. The average Bonchev–Trinajstić information content (AvgIpc) is 2.93. The van der Waals surface area contributed by atoms with Crippen molar-refractivity contribution in [2.24, 2.45) is 0 Å². The van der Waals surface area contributed by atoms with Crippen LogP contribution >= 0.6 is 0 Å². The summed E-state index contributed by atoms with van der Waals surface area (Å²) < 4.78 is 1.63. The first kappa shape index (κ1) is 10.2. The van der Waals surface area contributed by atoms with E-state index < -0.39 is 0 Å². The number of nitrogens with zero attached hydrogens (tertiary/aromatic N) is 4. The highest BCUT2D eigenvalue weighted by molar-refractivity contribution is 5.68. The highest BCUT2D eigenvalue weighted by atomic mass is 15.4. The summed E-state index contributed by atoms with van der Waals surface area (Å²) in [7, 11) is 0. The van der Waals surface area contributed by atoms with Crippen LogP contribution < -0.4 is 11.1 Å². The molecule has 0 bridgehead atoms. The zero-order valence-electron chi connectivity index (χ0n) is 9.43. The number of nitrogens with two attached hydrogens (primary N) is 1. The molecule has 1 saturated heterocycles. The van der Waals surface area contributed by atoms with Gasteiger partial charge in [-0.05, 0) is 18.9 Å². The predicted octanol–water partition coefficient (Wildman–Crippen LogP) is 0.655. The van der Waals surface area contributed by atoms with Gasteiger partial charge in [0, 0.05) is 19.3 Å². The second-order valence-corrected chi connectivity index (χ2v) is 4.34. The lowest BCUT2D eigenvalue weighted by molar-refractivity contribution is 0.304. The van der Waals surface area contributed by atoms with E-state index in [-0.39, 0.29) is 12.0 Å². The SMILES string of the molecule is N#Cc1c(N)nn2c1NC(N1CCCC1)C=C2. The molecule has 3 rings (SSSR count). The van der Waals surface area contributed by atoms with Crippen molar-refractivity contribution in [2.75, 3.05) is 24.1 Å². The summed E-state index contributed by atoms with van der Waals surface area (Å²) in [6.07, 6.45) is 6.53. The minimum absolute atomic E-state index is 0.146. The Morgan fingerprint density at radius 3 is 2.94 bits per heavy atom. The third-order valence-electron chi connectivity index (χ3n) is 3.28. The number of aromatic nitrogens is 2. The summed E-state index contributed by atoms with van der Waals surface area (Å²) in [5.41, 5.74) is 6.12. The average molecular weight is 230 g/mol. The van der Waals surface area contributed by atoms with E-state index in [2.05, 4.69) is 21.4 Å². The molecule has 0 spiro atoms. The van der Waals surface area contributed by atoms with Crippen molar-refractivity contribution >= 4 is 17.8 Å². The van der Waals surface area contributed by atoms with E-state index in [4.69, 9.17) is 11.0 Å². The lowest BCUT2D eigenvalue weighted by atomic mass is 10.3. The van der Waals surface area contributed by atoms with E-state index in [1.807, 2.05) is 12.3 Å². The van der Waals surface area contributed by atoms with Crippen molar-refractivity contribution in [1.82, 2.24) is 14.7 Å². The third-order valence-corrected chi connectivity index (χ3v) is 3.28. The van der Waals surface area contributed by atoms with Crippen LogP contribution in [0.5, 0.6) is 0 Å². The van der Waals surface area contributed by atoms with E-state index in [0.29, 0.717) is 11.4 Å². The van der Waals surface area contributed by atoms with Gasteiger partial charge in [-0.1, -0.05) is 0 Å². The summed E-state index contributed by atoms with van der Waals surface area (Å²) in [6, 6.07) is 2.09. The highest BCUT2D eigenvalue weighted by Gasteiger charge is 2.26. The minimum atomic E-state index is 0.146. The summed E-state index contributed by atoms with van der Waals surface area (Å²) in [5.74, 6) is 0.978. The van der Waals surface area contributed by atoms with Gasteiger partial charge in [0.1, 0.15) is 17.8 Å². The van der Waals surface area contributed by atoms with Crippen LogP contribution in [-0.2, 0) is 0 Å². The van der Waals surface area contributed by atoms with Crippen molar-refractivity contribution in [1.29, 1.82) is 5.26 Å². The van der Waals surface area contributed by atoms with Gasteiger partial charge in [-0.25, -0.2) is 4.68 Å². The number of hydrogen-bond donors (Lipinski definition) is 2. The van der Waals surface area contributed by atoms with Crippen LogP contribution in [0.3, 0.4) is 0 Å². The van der Waals surface area contributed by atoms with E-state index >= 15 is 0 Å². The van der Waals surface area contributed by atoms with Gasteiger partial charge in [0.05, 0.1) is 0 Å². The van der Waals surface area contributed by atoms with Crippen LogP contribution in [0.4, 0.5) is 11.6 Å². The third kappa shape index (κ3) is 1.56. The maximum atomic E-state index is 9.05. The maximum absolute atomic E-state index is 9.05. The Kier molecular flexibility index (Phi) is 2.27. The molecule has 6 heteroatoms. The molecule has 1 unspecified atom stereocenters. The van der Waals surface area contributed by atoms with Gasteiger partial charge in [0.15, 0.2) is 11.6 Å². The molecular formula is C11H14N6. The van der Waals surface area contributed by atoms with Gasteiger partial charge in [-0.15, -0.1) is 5.10 Å². The number of nitriles is 1. The molecule has 0 saturated carbocycles. The standard InChI is InChI=1S/C11H14N6/c12-7-8-10(13)15-17-6-3-9(14-11(8)17)16-4-1-2-5-16/h3,6,9,14H,1-2,4-5H2,(H2,13,15). The summed E-state index contributed by atoms with van der Waals surface area (Å²) in [6.45, 7) is 2.18. The fraction of sp³-hybridized carbons (Fsp3) is 0.455. The molecule has 6 nitrogen and oxygen atoms in total. The maximum Gasteiger partial charge on any atom is 0.166 e. The van der Waals surface area contributed by atoms with Gasteiger partial charge < -0.3 is 11.1 Å². The van der Waals surface area contributed by atoms with Crippen LogP contribution in [-0.4, -0.2) is 33.9 Å². The topological polar surface area (TPSA) is 82.9 Å². The minimum Gasteiger partial charge on any atom is -0.381 e. The molecule has 1 aromatic heterocycles. The van der Waals surface area contributed by atoms with Crippen LogP contribution in [0.2, 0.25) is 0 Å². The first-order chi connectivity index (χ1) is 8.29. The van der Waals surface area contributed by atoms with Gasteiger partial charge >= 0.3 is 0 Å². The van der Waals surface area contributed by atoms with Crippen molar-refractivity contribution in [3.8, 4) is 6.07 Å². The first-order valence-corrected chi connectivity index (χ1v) is 5.76. The Morgan fingerprint density at radius 2 is 2.24 bits per heavy atom. The summed E-state index contributed by atoms with van der Waals surface area (Å²) in [4.78, 5) is 2.35. The molecule has 0 aliphatic carbocycles. The smallest absolute Gasteiger partial charge is 0.166 e. The van der Waals surface area contributed by atoms with Crippen molar-refractivity contribution in [2.45, 2.75) is 19.0 Å². The van der Waals surface area contributed by atoms with Crippen LogP contribution in [0.1, 0.15) is 18.4 Å². The fourth-order valence-electron chi connectivity index (χ4n) is 2.39. The Morgan fingerprint density at radius 1 is 1.47 bits per heavy atom. The van der Waals surface area contributed by atoms with E-state index in [1.165, 1.54) is 12.8 Å². The van der Waals surface area contributed by atoms with Gasteiger partial charge in [0.2, 0.25) is 0 Å². The number of anilines is 2. The van der Waals surface area contributed by atoms with Crippen LogP contribution in [0.15, 0.2) is 6.08 Å². The highest BCUT2D eigenvalue weighted by Crippen LogP contribution is 2.26. The summed E-state index contributed by atoms with van der Waals surface area (Å²) in [5, 5.41) is 16.5. The second kappa shape index (κ2) is 3.79.